The highest BCUT2D eigenvalue weighted by Crippen LogP contribution is 2.42. The molecule has 2 nitrogen and oxygen atoms in total. The summed E-state index contributed by atoms with van der Waals surface area (Å²) in [7, 11) is 0. The molecule has 4 heteroatoms. The number of Topliss-reactive ketones (excluding diaryl/α,β-unsaturated/α-hetero) is 2. The van der Waals surface area contributed by atoms with Gasteiger partial charge in [0.05, 0.1) is 0 Å². The highest BCUT2D eigenvalue weighted by molar-refractivity contribution is 9.11. The van der Waals surface area contributed by atoms with Crippen LogP contribution >= 0.6 is 31.9 Å². The lowest BCUT2D eigenvalue weighted by atomic mass is 9.70. The lowest BCUT2D eigenvalue weighted by molar-refractivity contribution is -0.135. The van der Waals surface area contributed by atoms with E-state index in [1.165, 1.54) is 0 Å². The minimum Gasteiger partial charge on any atom is -0.298 e. The minimum atomic E-state index is -0.622. The summed E-state index contributed by atoms with van der Waals surface area (Å²) in [5.74, 6) is -0.587. The SMILES string of the molecule is CC1(C)CC(=O)C(c2c(Br)cccc2Br)C(=O)C1. The van der Waals surface area contributed by atoms with Gasteiger partial charge in [-0.05, 0) is 23.1 Å². The van der Waals surface area contributed by atoms with Gasteiger partial charge in [0.15, 0.2) is 0 Å². The molecule has 0 atom stereocenters. The summed E-state index contributed by atoms with van der Waals surface area (Å²) >= 11 is 6.86. The molecule has 0 aliphatic heterocycles. The molecule has 0 bridgehead atoms. The van der Waals surface area contributed by atoms with Crippen molar-refractivity contribution in [2.45, 2.75) is 32.6 Å². The fourth-order valence-corrected chi connectivity index (χ4v) is 3.95. The molecular weight excluding hydrogens is 360 g/mol. The van der Waals surface area contributed by atoms with Gasteiger partial charge in [-0.15, -0.1) is 0 Å². The Morgan fingerprint density at radius 2 is 1.50 bits per heavy atom. The number of ketones is 2. The number of halogens is 2. The summed E-state index contributed by atoms with van der Waals surface area (Å²) in [4.78, 5) is 24.5. The minimum absolute atomic E-state index is 0.0175. The smallest absolute Gasteiger partial charge is 0.148 e. The van der Waals surface area contributed by atoms with E-state index in [-0.39, 0.29) is 17.0 Å². The molecule has 1 aliphatic rings. The van der Waals surface area contributed by atoms with Gasteiger partial charge in [-0.25, -0.2) is 0 Å². The number of hydrogen-bond donors (Lipinski definition) is 0. The van der Waals surface area contributed by atoms with E-state index in [2.05, 4.69) is 31.9 Å². The van der Waals surface area contributed by atoms with E-state index in [0.29, 0.717) is 12.8 Å². The summed E-state index contributed by atoms with van der Waals surface area (Å²) in [5, 5.41) is 0. The van der Waals surface area contributed by atoms with Crippen molar-refractivity contribution in [3.05, 3.63) is 32.7 Å². The van der Waals surface area contributed by atoms with Gasteiger partial charge in [-0.3, -0.25) is 9.59 Å². The number of carbonyl (C=O) groups excluding carboxylic acids is 2. The summed E-state index contributed by atoms with van der Waals surface area (Å²) < 4.78 is 1.62. The molecule has 18 heavy (non-hydrogen) atoms. The Hall–Kier alpha value is -0.480. The monoisotopic (exact) mass is 372 g/mol. The van der Waals surface area contributed by atoms with Gasteiger partial charge < -0.3 is 0 Å². The van der Waals surface area contributed by atoms with Crippen LogP contribution in [-0.2, 0) is 9.59 Å². The van der Waals surface area contributed by atoms with Gasteiger partial charge >= 0.3 is 0 Å². The van der Waals surface area contributed by atoms with E-state index in [0.717, 1.165) is 14.5 Å². The predicted octanol–water partition coefficient (Wildman–Crippen LogP) is 4.25. The highest BCUT2D eigenvalue weighted by Gasteiger charge is 2.41. The van der Waals surface area contributed by atoms with Gasteiger partial charge in [0.25, 0.3) is 0 Å². The Kier molecular flexibility index (Phi) is 3.79. The largest absolute Gasteiger partial charge is 0.298 e. The van der Waals surface area contributed by atoms with E-state index in [1.807, 2.05) is 32.0 Å². The first-order valence-electron chi connectivity index (χ1n) is 5.81. The summed E-state index contributed by atoms with van der Waals surface area (Å²) in [6.45, 7) is 3.93. The number of benzene rings is 1. The number of hydrogen-bond acceptors (Lipinski definition) is 2. The third kappa shape index (κ3) is 2.59. The topological polar surface area (TPSA) is 34.1 Å². The fourth-order valence-electron chi connectivity index (χ4n) is 2.50. The van der Waals surface area contributed by atoms with Gasteiger partial charge in [0.2, 0.25) is 0 Å². The molecule has 96 valence electrons. The molecule has 0 aromatic heterocycles. The van der Waals surface area contributed by atoms with E-state index in [1.54, 1.807) is 0 Å². The van der Waals surface area contributed by atoms with Crippen molar-refractivity contribution in [2.24, 2.45) is 5.41 Å². The highest BCUT2D eigenvalue weighted by atomic mass is 79.9. The van der Waals surface area contributed by atoms with Crippen molar-refractivity contribution in [3.63, 3.8) is 0 Å². The molecule has 2 rings (SSSR count). The van der Waals surface area contributed by atoms with Crippen molar-refractivity contribution in [3.8, 4) is 0 Å². The second kappa shape index (κ2) is 4.89. The summed E-state index contributed by atoms with van der Waals surface area (Å²) in [6.07, 6.45) is 0.911. The molecule has 0 unspecified atom stereocenters. The summed E-state index contributed by atoms with van der Waals surface area (Å²) in [6, 6.07) is 5.60. The lowest BCUT2D eigenvalue weighted by Gasteiger charge is -2.32. The van der Waals surface area contributed by atoms with Crippen LogP contribution < -0.4 is 0 Å². The maximum Gasteiger partial charge on any atom is 0.148 e. The lowest BCUT2D eigenvalue weighted by Crippen LogP contribution is -2.36. The molecule has 1 aromatic rings. The van der Waals surface area contributed by atoms with Crippen LogP contribution in [0.15, 0.2) is 27.1 Å². The van der Waals surface area contributed by atoms with Crippen LogP contribution in [-0.4, -0.2) is 11.6 Å². The molecule has 0 spiro atoms. The van der Waals surface area contributed by atoms with Gasteiger partial charge in [-0.1, -0.05) is 51.8 Å². The molecule has 0 heterocycles. The Bertz CT molecular complexity index is 480. The molecule has 1 fully saturated rings. The molecule has 0 amide bonds. The first-order valence-corrected chi connectivity index (χ1v) is 7.40. The maximum absolute atomic E-state index is 12.3. The van der Waals surface area contributed by atoms with Crippen LogP contribution in [0.1, 0.15) is 38.2 Å². The zero-order valence-corrected chi connectivity index (χ0v) is 13.5. The van der Waals surface area contributed by atoms with Crippen molar-refractivity contribution >= 4 is 43.4 Å². The first-order chi connectivity index (χ1) is 8.32. The Morgan fingerprint density at radius 3 is 1.94 bits per heavy atom. The molecule has 1 aliphatic carbocycles. The first kappa shape index (κ1) is 13.9. The van der Waals surface area contributed by atoms with Crippen LogP contribution in [0, 0.1) is 5.41 Å². The molecular formula is C14H14Br2O2. The van der Waals surface area contributed by atoms with Gasteiger partial charge in [-0.2, -0.15) is 0 Å². The van der Waals surface area contributed by atoms with Crippen molar-refractivity contribution in [1.82, 2.24) is 0 Å². The third-order valence-corrected chi connectivity index (χ3v) is 4.62. The Labute approximate surface area is 123 Å². The van der Waals surface area contributed by atoms with Gasteiger partial charge in [0.1, 0.15) is 17.5 Å². The molecule has 1 aromatic carbocycles. The van der Waals surface area contributed by atoms with E-state index < -0.39 is 5.92 Å². The van der Waals surface area contributed by atoms with Crippen LogP contribution in [0.4, 0.5) is 0 Å². The standard InChI is InChI=1S/C14H14Br2O2/c1-14(2)6-10(17)13(11(18)7-14)12-8(15)4-3-5-9(12)16/h3-5,13H,6-7H2,1-2H3. The molecule has 1 saturated carbocycles. The maximum atomic E-state index is 12.3. The molecule has 0 N–H and O–H groups in total. The third-order valence-electron chi connectivity index (χ3n) is 3.24. The quantitative estimate of drug-likeness (QED) is 0.689. The number of carbonyl (C=O) groups is 2. The van der Waals surface area contributed by atoms with Gasteiger partial charge in [0, 0.05) is 21.8 Å². The van der Waals surface area contributed by atoms with Crippen molar-refractivity contribution in [1.29, 1.82) is 0 Å². The zero-order chi connectivity index (χ0) is 13.5. The van der Waals surface area contributed by atoms with Crippen molar-refractivity contribution in [2.75, 3.05) is 0 Å². The van der Waals surface area contributed by atoms with E-state index >= 15 is 0 Å². The van der Waals surface area contributed by atoms with E-state index in [4.69, 9.17) is 0 Å². The van der Waals surface area contributed by atoms with Crippen LogP contribution in [0.25, 0.3) is 0 Å². The predicted molar refractivity (Wildman–Crippen MR) is 77.6 cm³/mol. The average molecular weight is 374 g/mol. The van der Waals surface area contributed by atoms with Crippen LogP contribution in [0.5, 0.6) is 0 Å². The number of rotatable bonds is 1. The normalized spacial score (nSPS) is 20.2. The summed E-state index contributed by atoms with van der Waals surface area (Å²) in [5.41, 5.74) is 0.557. The zero-order valence-electron chi connectivity index (χ0n) is 10.3. The second-order valence-corrected chi connectivity index (χ2v) is 7.23. The van der Waals surface area contributed by atoms with Crippen molar-refractivity contribution < 1.29 is 9.59 Å². The second-order valence-electron chi connectivity index (χ2n) is 5.52. The molecule has 0 saturated heterocycles. The van der Waals surface area contributed by atoms with Crippen LogP contribution in [0.2, 0.25) is 0 Å². The fraction of sp³-hybridized carbons (Fsp3) is 0.429. The van der Waals surface area contributed by atoms with E-state index in [9.17, 15) is 9.59 Å². The van der Waals surface area contributed by atoms with Crippen LogP contribution in [0.3, 0.4) is 0 Å². The molecule has 0 radical (unpaired) electrons. The Morgan fingerprint density at radius 1 is 1.06 bits per heavy atom. The Balaban J connectivity index is 2.46. The average Bonchev–Trinajstić information content (AvgIpc) is 2.19.